The van der Waals surface area contributed by atoms with Crippen molar-refractivity contribution < 1.29 is 18.7 Å². The standard InChI is InChI=1S/C19H13FN2O3S/c20-15-2-1-3-16-14(15)10-17(26-16)19(24)25-11-18(23)22-13-6-4-12(5-7-13)8-9-21/h1-7,10H,8,11H2,(H,22,23). The minimum atomic E-state index is -0.676. The molecule has 7 heteroatoms. The number of nitriles is 1. The van der Waals surface area contributed by atoms with Crippen LogP contribution in [-0.2, 0) is 16.0 Å². The SMILES string of the molecule is N#CCc1ccc(NC(=O)COC(=O)c2cc3c(F)cccc3s2)cc1. The number of rotatable bonds is 5. The number of esters is 1. The Morgan fingerprint density at radius 2 is 1.96 bits per heavy atom. The van der Waals surface area contributed by atoms with Crippen LogP contribution < -0.4 is 5.32 Å². The number of thiophene rings is 1. The summed E-state index contributed by atoms with van der Waals surface area (Å²) in [5.74, 6) is -1.57. The molecule has 0 atom stereocenters. The maximum atomic E-state index is 13.7. The highest BCUT2D eigenvalue weighted by molar-refractivity contribution is 7.20. The molecule has 0 saturated heterocycles. The Hall–Kier alpha value is -3.24. The second-order valence-corrected chi connectivity index (χ2v) is 6.50. The molecule has 0 aliphatic rings. The fraction of sp³-hybridized carbons (Fsp3) is 0.105. The van der Waals surface area contributed by atoms with E-state index in [0.29, 0.717) is 22.2 Å². The van der Waals surface area contributed by atoms with Crippen LogP contribution in [0.2, 0.25) is 0 Å². The molecule has 0 fully saturated rings. The molecule has 130 valence electrons. The van der Waals surface area contributed by atoms with Crippen molar-refractivity contribution >= 4 is 39.0 Å². The number of halogens is 1. The molecule has 0 aliphatic carbocycles. The molecule has 0 saturated carbocycles. The quantitative estimate of drug-likeness (QED) is 0.693. The van der Waals surface area contributed by atoms with E-state index in [9.17, 15) is 14.0 Å². The molecular formula is C19H13FN2O3S. The number of nitrogens with one attached hydrogen (secondary N) is 1. The van der Waals surface area contributed by atoms with Gasteiger partial charge in [0.2, 0.25) is 0 Å². The van der Waals surface area contributed by atoms with Gasteiger partial charge in [-0.3, -0.25) is 4.79 Å². The fourth-order valence-corrected chi connectivity index (χ4v) is 3.29. The summed E-state index contributed by atoms with van der Waals surface area (Å²) in [5, 5.41) is 11.6. The van der Waals surface area contributed by atoms with Gasteiger partial charge in [0, 0.05) is 15.8 Å². The van der Waals surface area contributed by atoms with Crippen LogP contribution in [0, 0.1) is 17.1 Å². The molecule has 26 heavy (non-hydrogen) atoms. The number of carbonyl (C=O) groups excluding carboxylic acids is 2. The molecule has 2 aromatic carbocycles. The zero-order valence-corrected chi connectivity index (χ0v) is 14.3. The molecule has 0 aliphatic heterocycles. The zero-order valence-electron chi connectivity index (χ0n) is 13.5. The molecule has 3 aromatic rings. The maximum absolute atomic E-state index is 13.7. The number of fused-ring (bicyclic) bond motifs is 1. The average Bonchev–Trinajstić information content (AvgIpc) is 3.07. The molecule has 0 unspecified atom stereocenters. The lowest BCUT2D eigenvalue weighted by atomic mass is 10.1. The third kappa shape index (κ3) is 4.05. The van der Waals surface area contributed by atoms with Crippen molar-refractivity contribution in [2.45, 2.75) is 6.42 Å². The predicted molar refractivity (Wildman–Crippen MR) is 96.5 cm³/mol. The lowest BCUT2D eigenvalue weighted by Crippen LogP contribution is -2.20. The zero-order chi connectivity index (χ0) is 18.5. The van der Waals surface area contributed by atoms with Crippen LogP contribution >= 0.6 is 11.3 Å². The fourth-order valence-electron chi connectivity index (χ4n) is 2.32. The van der Waals surface area contributed by atoms with Crippen LogP contribution in [0.3, 0.4) is 0 Å². The van der Waals surface area contributed by atoms with E-state index in [1.54, 1.807) is 36.4 Å². The smallest absolute Gasteiger partial charge is 0.348 e. The van der Waals surface area contributed by atoms with Crippen molar-refractivity contribution in [3.05, 3.63) is 64.8 Å². The average molecular weight is 368 g/mol. The van der Waals surface area contributed by atoms with E-state index in [1.807, 2.05) is 6.07 Å². The van der Waals surface area contributed by atoms with Gasteiger partial charge in [0.25, 0.3) is 5.91 Å². The molecule has 0 radical (unpaired) electrons. The predicted octanol–water partition coefficient (Wildman–Crippen LogP) is 3.90. The Labute approximate surface area is 152 Å². The lowest BCUT2D eigenvalue weighted by molar-refractivity contribution is -0.119. The van der Waals surface area contributed by atoms with E-state index in [2.05, 4.69) is 5.32 Å². The monoisotopic (exact) mass is 368 g/mol. The number of amides is 1. The first-order valence-electron chi connectivity index (χ1n) is 7.68. The number of hydrogen-bond donors (Lipinski definition) is 1. The second-order valence-electron chi connectivity index (χ2n) is 5.42. The number of ether oxygens (including phenoxy) is 1. The van der Waals surface area contributed by atoms with Crippen molar-refractivity contribution in [2.24, 2.45) is 0 Å². The Morgan fingerprint density at radius 1 is 1.19 bits per heavy atom. The summed E-state index contributed by atoms with van der Waals surface area (Å²) in [4.78, 5) is 24.2. The molecule has 5 nitrogen and oxygen atoms in total. The van der Waals surface area contributed by atoms with Gasteiger partial charge in [0.1, 0.15) is 10.7 Å². The number of hydrogen-bond acceptors (Lipinski definition) is 5. The molecule has 3 rings (SSSR count). The summed E-state index contributed by atoms with van der Waals surface area (Å²) >= 11 is 1.11. The van der Waals surface area contributed by atoms with E-state index >= 15 is 0 Å². The summed E-state index contributed by atoms with van der Waals surface area (Å²) < 4.78 is 19.3. The molecule has 0 spiro atoms. The number of anilines is 1. The largest absolute Gasteiger partial charge is 0.451 e. The minimum absolute atomic E-state index is 0.235. The number of benzene rings is 2. The third-order valence-corrected chi connectivity index (χ3v) is 4.65. The van der Waals surface area contributed by atoms with Gasteiger partial charge in [-0.05, 0) is 35.9 Å². The topological polar surface area (TPSA) is 79.2 Å². The highest BCUT2D eigenvalue weighted by atomic mass is 32.1. The van der Waals surface area contributed by atoms with Gasteiger partial charge < -0.3 is 10.1 Å². The summed E-state index contributed by atoms with van der Waals surface area (Å²) in [7, 11) is 0. The summed E-state index contributed by atoms with van der Waals surface area (Å²) in [6, 6.07) is 14.9. The molecule has 0 bridgehead atoms. The second kappa shape index (κ2) is 7.76. The molecular weight excluding hydrogens is 355 g/mol. The van der Waals surface area contributed by atoms with Crippen LogP contribution in [-0.4, -0.2) is 18.5 Å². The van der Waals surface area contributed by atoms with E-state index in [-0.39, 0.29) is 4.88 Å². The third-order valence-electron chi connectivity index (χ3n) is 3.56. The van der Waals surface area contributed by atoms with Crippen LogP contribution in [0.25, 0.3) is 10.1 Å². The number of carbonyl (C=O) groups is 2. The summed E-state index contributed by atoms with van der Waals surface area (Å²) in [5.41, 5.74) is 1.38. The summed E-state index contributed by atoms with van der Waals surface area (Å²) in [6.45, 7) is -0.449. The minimum Gasteiger partial charge on any atom is -0.451 e. The normalized spacial score (nSPS) is 10.3. The number of nitrogens with zero attached hydrogens (tertiary/aromatic N) is 1. The van der Waals surface area contributed by atoms with E-state index in [4.69, 9.17) is 10.00 Å². The van der Waals surface area contributed by atoms with Crippen LogP contribution in [0.4, 0.5) is 10.1 Å². The first-order chi connectivity index (χ1) is 12.6. The van der Waals surface area contributed by atoms with Gasteiger partial charge in [0.15, 0.2) is 6.61 Å². The molecule has 1 N–H and O–H groups in total. The summed E-state index contributed by atoms with van der Waals surface area (Å²) in [6.07, 6.45) is 0.293. The van der Waals surface area contributed by atoms with Crippen LogP contribution in [0.5, 0.6) is 0 Å². The highest BCUT2D eigenvalue weighted by Crippen LogP contribution is 2.28. The first kappa shape index (κ1) is 17.6. The van der Waals surface area contributed by atoms with Crippen LogP contribution in [0.15, 0.2) is 48.5 Å². The lowest BCUT2D eigenvalue weighted by Gasteiger charge is -2.06. The van der Waals surface area contributed by atoms with Crippen molar-refractivity contribution in [3.63, 3.8) is 0 Å². The van der Waals surface area contributed by atoms with E-state index < -0.39 is 24.3 Å². The highest BCUT2D eigenvalue weighted by Gasteiger charge is 2.15. The maximum Gasteiger partial charge on any atom is 0.348 e. The van der Waals surface area contributed by atoms with Gasteiger partial charge >= 0.3 is 5.97 Å². The molecule has 1 heterocycles. The van der Waals surface area contributed by atoms with Crippen LogP contribution in [0.1, 0.15) is 15.2 Å². The van der Waals surface area contributed by atoms with E-state index in [1.165, 1.54) is 12.1 Å². The Kier molecular flexibility index (Phi) is 5.25. The Balaban J connectivity index is 1.57. The molecule has 1 amide bonds. The van der Waals surface area contributed by atoms with Gasteiger partial charge in [-0.15, -0.1) is 11.3 Å². The Morgan fingerprint density at radius 3 is 2.65 bits per heavy atom. The van der Waals surface area contributed by atoms with Crippen molar-refractivity contribution in [1.82, 2.24) is 0 Å². The molecule has 1 aromatic heterocycles. The van der Waals surface area contributed by atoms with Crippen molar-refractivity contribution in [1.29, 1.82) is 5.26 Å². The van der Waals surface area contributed by atoms with Gasteiger partial charge in [-0.1, -0.05) is 18.2 Å². The van der Waals surface area contributed by atoms with Gasteiger partial charge in [-0.2, -0.15) is 5.26 Å². The first-order valence-corrected chi connectivity index (χ1v) is 8.49. The van der Waals surface area contributed by atoms with Gasteiger partial charge in [0.05, 0.1) is 12.5 Å². The van der Waals surface area contributed by atoms with Crippen molar-refractivity contribution in [3.8, 4) is 6.07 Å². The van der Waals surface area contributed by atoms with Crippen molar-refractivity contribution in [2.75, 3.05) is 11.9 Å². The van der Waals surface area contributed by atoms with Gasteiger partial charge in [-0.25, -0.2) is 9.18 Å². The Bertz CT molecular complexity index is 1010. The van der Waals surface area contributed by atoms with E-state index in [0.717, 1.165) is 16.9 Å².